The highest BCUT2D eigenvalue weighted by molar-refractivity contribution is 7.80. The van der Waals surface area contributed by atoms with E-state index in [1.165, 1.54) is 0 Å². The average molecular weight is 177 g/mol. The summed E-state index contributed by atoms with van der Waals surface area (Å²) < 4.78 is 0. The predicted octanol–water partition coefficient (Wildman–Crippen LogP) is 1.68. The first kappa shape index (κ1) is 9.18. The monoisotopic (exact) mass is 177 g/mol. The Labute approximate surface area is 78.4 Å². The zero-order valence-corrected chi connectivity index (χ0v) is 7.64. The molecule has 2 heteroatoms. The van der Waals surface area contributed by atoms with Gasteiger partial charge in [0.1, 0.15) is 0 Å². The van der Waals surface area contributed by atoms with E-state index >= 15 is 0 Å². The summed E-state index contributed by atoms with van der Waals surface area (Å²) >= 11 is 4.17. The average Bonchev–Trinajstić information content (AvgIpc) is 2.09. The summed E-state index contributed by atoms with van der Waals surface area (Å²) in [7, 11) is 0. The number of thiol groups is 1. The van der Waals surface area contributed by atoms with Gasteiger partial charge in [-0.15, -0.1) is 12.6 Å². The lowest BCUT2D eigenvalue weighted by Crippen LogP contribution is -1.95. The molecular formula is C10H11NS. The van der Waals surface area contributed by atoms with Crippen LogP contribution in [0.15, 0.2) is 29.2 Å². The van der Waals surface area contributed by atoms with Crippen LogP contribution in [0.2, 0.25) is 0 Å². The molecule has 0 aliphatic carbocycles. The predicted molar refractivity (Wildman–Crippen MR) is 54.2 cm³/mol. The molecule has 2 N–H and O–H groups in total. The van der Waals surface area contributed by atoms with Gasteiger partial charge in [0.15, 0.2) is 0 Å². The lowest BCUT2D eigenvalue weighted by atomic mass is 10.2. The summed E-state index contributed by atoms with van der Waals surface area (Å²) in [6.07, 6.45) is 0.753. The van der Waals surface area contributed by atoms with Crippen molar-refractivity contribution in [2.24, 2.45) is 5.73 Å². The molecule has 0 saturated heterocycles. The van der Waals surface area contributed by atoms with Crippen LogP contribution in [0.3, 0.4) is 0 Å². The Bertz CT molecular complexity index is 292. The van der Waals surface area contributed by atoms with Crippen molar-refractivity contribution in [3.05, 3.63) is 29.8 Å². The van der Waals surface area contributed by atoms with Crippen molar-refractivity contribution in [3.63, 3.8) is 0 Å². The normalized spacial score (nSPS) is 8.83. The van der Waals surface area contributed by atoms with Gasteiger partial charge in [0.2, 0.25) is 0 Å². The minimum atomic E-state index is 0.623. The molecule has 0 bridgehead atoms. The van der Waals surface area contributed by atoms with Gasteiger partial charge in [-0.25, -0.2) is 0 Å². The molecule has 0 aliphatic heterocycles. The molecule has 0 saturated carbocycles. The first-order valence-electron chi connectivity index (χ1n) is 3.81. The fourth-order valence-corrected chi connectivity index (χ4v) is 0.931. The number of nitrogens with two attached hydrogens (primary N) is 1. The number of hydrogen-bond acceptors (Lipinski definition) is 2. The fraction of sp³-hybridized carbons (Fsp3) is 0.200. The molecule has 62 valence electrons. The summed E-state index contributed by atoms with van der Waals surface area (Å²) in [6.45, 7) is 0.623. The zero-order chi connectivity index (χ0) is 8.81. The lowest BCUT2D eigenvalue weighted by molar-refractivity contribution is 1.03. The smallest absolute Gasteiger partial charge is 0.0246 e. The molecular weight excluding hydrogens is 166 g/mol. The van der Waals surface area contributed by atoms with Crippen LogP contribution in [0.1, 0.15) is 12.0 Å². The van der Waals surface area contributed by atoms with Gasteiger partial charge in [0.25, 0.3) is 0 Å². The Hall–Kier alpha value is -0.910. The zero-order valence-electron chi connectivity index (χ0n) is 6.75. The van der Waals surface area contributed by atoms with Crippen LogP contribution in [-0.4, -0.2) is 6.54 Å². The van der Waals surface area contributed by atoms with E-state index in [-0.39, 0.29) is 0 Å². The van der Waals surface area contributed by atoms with Gasteiger partial charge >= 0.3 is 0 Å². The Morgan fingerprint density at radius 3 is 2.50 bits per heavy atom. The van der Waals surface area contributed by atoms with E-state index in [2.05, 4.69) is 24.5 Å². The maximum atomic E-state index is 5.30. The van der Waals surface area contributed by atoms with Crippen LogP contribution in [0.5, 0.6) is 0 Å². The molecule has 1 aromatic carbocycles. The minimum Gasteiger partial charge on any atom is -0.330 e. The van der Waals surface area contributed by atoms with E-state index in [9.17, 15) is 0 Å². The van der Waals surface area contributed by atoms with Gasteiger partial charge in [-0.1, -0.05) is 11.8 Å². The second-order valence-electron chi connectivity index (χ2n) is 2.39. The molecule has 0 aliphatic rings. The fourth-order valence-electron chi connectivity index (χ4n) is 0.781. The van der Waals surface area contributed by atoms with Crippen molar-refractivity contribution >= 4 is 12.6 Å². The first-order chi connectivity index (χ1) is 5.83. The number of hydrogen-bond donors (Lipinski definition) is 2. The van der Waals surface area contributed by atoms with Crippen molar-refractivity contribution in [2.45, 2.75) is 11.3 Å². The van der Waals surface area contributed by atoms with E-state index < -0.39 is 0 Å². The third kappa shape index (κ3) is 3.00. The standard InChI is InChI=1S/C10H11NS/c11-8-2-1-3-9-4-6-10(12)7-5-9/h4-7,12H,2,8,11H2. The second-order valence-corrected chi connectivity index (χ2v) is 2.90. The summed E-state index contributed by atoms with van der Waals surface area (Å²) in [5.41, 5.74) is 6.32. The van der Waals surface area contributed by atoms with Crippen molar-refractivity contribution in [1.82, 2.24) is 0 Å². The Balaban J connectivity index is 2.66. The van der Waals surface area contributed by atoms with Gasteiger partial charge in [0.05, 0.1) is 0 Å². The van der Waals surface area contributed by atoms with E-state index in [0.29, 0.717) is 6.54 Å². The van der Waals surface area contributed by atoms with Crippen molar-refractivity contribution in [2.75, 3.05) is 6.54 Å². The lowest BCUT2D eigenvalue weighted by Gasteiger charge is -1.90. The molecule has 0 radical (unpaired) electrons. The van der Waals surface area contributed by atoms with E-state index in [1.54, 1.807) is 0 Å². The van der Waals surface area contributed by atoms with Crippen LogP contribution < -0.4 is 5.73 Å². The van der Waals surface area contributed by atoms with Gasteiger partial charge in [-0.3, -0.25) is 0 Å². The molecule has 0 amide bonds. The topological polar surface area (TPSA) is 26.0 Å². The van der Waals surface area contributed by atoms with Gasteiger partial charge in [-0.05, 0) is 24.3 Å². The summed E-state index contributed by atoms with van der Waals surface area (Å²) in [6, 6.07) is 7.75. The highest BCUT2D eigenvalue weighted by Crippen LogP contribution is 2.06. The van der Waals surface area contributed by atoms with Gasteiger partial charge in [0, 0.05) is 23.4 Å². The van der Waals surface area contributed by atoms with Crippen LogP contribution in [-0.2, 0) is 0 Å². The van der Waals surface area contributed by atoms with Crippen molar-refractivity contribution < 1.29 is 0 Å². The molecule has 0 fully saturated rings. The largest absolute Gasteiger partial charge is 0.330 e. The van der Waals surface area contributed by atoms with Gasteiger partial charge < -0.3 is 5.73 Å². The maximum Gasteiger partial charge on any atom is 0.0246 e. The summed E-state index contributed by atoms with van der Waals surface area (Å²) in [5.74, 6) is 5.98. The summed E-state index contributed by atoms with van der Waals surface area (Å²) in [5, 5.41) is 0. The Morgan fingerprint density at radius 1 is 1.25 bits per heavy atom. The first-order valence-corrected chi connectivity index (χ1v) is 4.25. The molecule has 0 unspecified atom stereocenters. The quantitative estimate of drug-likeness (QED) is 0.495. The van der Waals surface area contributed by atoms with E-state index in [0.717, 1.165) is 16.9 Å². The van der Waals surface area contributed by atoms with Gasteiger partial charge in [-0.2, -0.15) is 0 Å². The molecule has 0 atom stereocenters. The SMILES string of the molecule is NCCC#Cc1ccc(S)cc1. The second kappa shape index (κ2) is 4.87. The highest BCUT2D eigenvalue weighted by Gasteiger charge is 1.85. The van der Waals surface area contributed by atoms with Crippen LogP contribution >= 0.6 is 12.6 Å². The van der Waals surface area contributed by atoms with Crippen LogP contribution in [0, 0.1) is 11.8 Å². The van der Waals surface area contributed by atoms with Crippen molar-refractivity contribution in [3.8, 4) is 11.8 Å². The molecule has 1 aromatic rings. The summed E-state index contributed by atoms with van der Waals surface area (Å²) in [4.78, 5) is 0.958. The van der Waals surface area contributed by atoms with Crippen molar-refractivity contribution in [1.29, 1.82) is 0 Å². The van der Waals surface area contributed by atoms with Crippen LogP contribution in [0.4, 0.5) is 0 Å². The van der Waals surface area contributed by atoms with Crippen LogP contribution in [0.25, 0.3) is 0 Å². The molecule has 0 spiro atoms. The third-order valence-corrected chi connectivity index (χ3v) is 1.67. The number of benzene rings is 1. The molecule has 0 heterocycles. The Kier molecular flexibility index (Phi) is 3.72. The van der Waals surface area contributed by atoms with E-state index in [4.69, 9.17) is 5.73 Å². The number of rotatable bonds is 1. The maximum absolute atomic E-state index is 5.30. The van der Waals surface area contributed by atoms with E-state index in [1.807, 2.05) is 24.3 Å². The Morgan fingerprint density at radius 2 is 1.92 bits per heavy atom. The minimum absolute atomic E-state index is 0.623. The molecule has 12 heavy (non-hydrogen) atoms. The molecule has 1 nitrogen and oxygen atoms in total. The molecule has 1 rings (SSSR count). The third-order valence-electron chi connectivity index (χ3n) is 1.37. The highest BCUT2D eigenvalue weighted by atomic mass is 32.1. The molecule has 0 aromatic heterocycles.